The fraction of sp³-hybridized carbons (Fsp3) is 0.383. The first kappa shape index (κ1) is 38.2. The van der Waals surface area contributed by atoms with E-state index < -0.39 is 12.1 Å². The standard InChI is InChI=1S/C47H50Cl2N6O3/c48-33-9-7-29(37-19-27-17-25(5-11-35(27)54-37)44(50)46(23-56)13-1-2-14-46)39-31(33)21-52-41(39)43(58)42-40-30(8-10-34(49)32(40)22-53-42)38-20-28-18-26(6-12-36(28)55-38)45(51)47(24-57)15-3-4-16-47/h5-12,17-20,41-42,44-45,52-57H,1-4,13-16,21-24,50-51H2. The number of rotatable bonds is 10. The van der Waals surface area contributed by atoms with Gasteiger partial charge in [0.1, 0.15) is 0 Å². The number of aromatic amines is 2. The Morgan fingerprint density at radius 1 is 0.638 bits per heavy atom. The summed E-state index contributed by atoms with van der Waals surface area (Å²) >= 11 is 13.7. The highest BCUT2D eigenvalue weighted by atomic mass is 35.5. The van der Waals surface area contributed by atoms with Gasteiger partial charge in [0.05, 0.1) is 25.3 Å². The van der Waals surface area contributed by atoms with Crippen molar-refractivity contribution in [1.29, 1.82) is 0 Å². The molecule has 58 heavy (non-hydrogen) atoms. The van der Waals surface area contributed by atoms with Crippen molar-refractivity contribution in [2.45, 2.75) is 88.6 Å². The smallest absolute Gasteiger partial charge is 0.175 e. The predicted molar refractivity (Wildman–Crippen MR) is 231 cm³/mol. The van der Waals surface area contributed by atoms with E-state index in [-0.39, 0.29) is 41.9 Å². The molecular formula is C47H50Cl2N6O3. The number of nitrogens with one attached hydrogen (secondary N) is 4. The van der Waals surface area contributed by atoms with Gasteiger partial charge in [-0.15, -0.1) is 0 Å². The summed E-state index contributed by atoms with van der Waals surface area (Å²) in [5, 5.41) is 31.1. The van der Waals surface area contributed by atoms with Crippen LogP contribution in [0.2, 0.25) is 10.0 Å². The molecule has 0 bridgehead atoms. The van der Waals surface area contributed by atoms with Crippen LogP contribution in [-0.4, -0.2) is 39.2 Å². The van der Waals surface area contributed by atoms with E-state index in [1.807, 2.05) is 24.3 Å². The van der Waals surface area contributed by atoms with Crippen LogP contribution in [0.4, 0.5) is 0 Å². The van der Waals surface area contributed by atoms with E-state index in [1.165, 1.54) is 0 Å². The molecule has 2 fully saturated rings. The molecule has 4 atom stereocenters. The molecule has 0 saturated heterocycles. The van der Waals surface area contributed by atoms with Crippen molar-refractivity contribution in [2.75, 3.05) is 13.2 Å². The van der Waals surface area contributed by atoms with Gasteiger partial charge in [-0.05, 0) is 108 Å². The van der Waals surface area contributed by atoms with Crippen molar-refractivity contribution in [1.82, 2.24) is 20.6 Å². The minimum atomic E-state index is -0.623. The number of Topliss-reactive ketones (excluding diaryl/α,β-unsaturated/α-hetero) is 1. The highest BCUT2D eigenvalue weighted by molar-refractivity contribution is 6.32. The quantitative estimate of drug-likeness (QED) is 0.0684. The molecule has 4 unspecified atom stereocenters. The normalized spacial score (nSPS) is 21.8. The molecule has 4 aliphatic rings. The van der Waals surface area contributed by atoms with E-state index in [2.05, 4.69) is 69.1 Å². The van der Waals surface area contributed by atoms with Gasteiger partial charge in [-0.2, -0.15) is 0 Å². The molecule has 4 aromatic carbocycles. The number of fused-ring (bicyclic) bond motifs is 4. The molecule has 2 aromatic heterocycles. The number of aromatic nitrogens is 2. The summed E-state index contributed by atoms with van der Waals surface area (Å²) in [6.45, 7) is 1.10. The molecule has 2 saturated carbocycles. The molecule has 0 amide bonds. The minimum absolute atomic E-state index is 0.00462. The SMILES string of the molecule is NC(c1ccc2[nH]c(-c3ccc(Cl)c4c3C(C(=O)C3NCc5c(Cl)ccc(-c6cc7cc(C(N)C8(CO)CCCC8)ccc7[nH]6)c53)NC4)cc2c1)C1(CO)CCCC1. The van der Waals surface area contributed by atoms with Gasteiger partial charge < -0.3 is 31.6 Å². The number of nitrogens with two attached hydrogens (primary N) is 2. The Morgan fingerprint density at radius 2 is 1.05 bits per heavy atom. The number of hydrogen-bond acceptors (Lipinski definition) is 7. The lowest BCUT2D eigenvalue weighted by Gasteiger charge is -2.33. The Bertz CT molecular complexity index is 2410. The maximum atomic E-state index is 15.0. The van der Waals surface area contributed by atoms with Gasteiger partial charge in [0, 0.05) is 90.4 Å². The molecule has 2 aliphatic carbocycles. The van der Waals surface area contributed by atoms with Crippen LogP contribution < -0.4 is 22.1 Å². The van der Waals surface area contributed by atoms with E-state index in [0.717, 1.165) is 129 Å². The molecule has 10 N–H and O–H groups in total. The molecule has 4 heterocycles. The van der Waals surface area contributed by atoms with Crippen LogP contribution >= 0.6 is 23.2 Å². The zero-order valence-corrected chi connectivity index (χ0v) is 33.9. The van der Waals surface area contributed by atoms with Crippen molar-refractivity contribution in [2.24, 2.45) is 22.3 Å². The minimum Gasteiger partial charge on any atom is -0.396 e. The molecular weight excluding hydrogens is 767 g/mol. The Hall–Kier alpha value is -4.03. The van der Waals surface area contributed by atoms with E-state index in [9.17, 15) is 10.2 Å². The maximum Gasteiger partial charge on any atom is 0.175 e. The zero-order chi connectivity index (χ0) is 39.9. The van der Waals surface area contributed by atoms with Crippen molar-refractivity contribution in [3.8, 4) is 22.5 Å². The van der Waals surface area contributed by atoms with Gasteiger partial charge in [-0.25, -0.2) is 0 Å². The number of aliphatic hydroxyl groups is 2. The monoisotopic (exact) mass is 816 g/mol. The van der Waals surface area contributed by atoms with Crippen LogP contribution in [0, 0.1) is 10.8 Å². The highest BCUT2D eigenvalue weighted by Gasteiger charge is 2.43. The van der Waals surface area contributed by atoms with E-state index in [1.54, 1.807) is 0 Å². The molecule has 0 spiro atoms. The van der Waals surface area contributed by atoms with Gasteiger partial charge in [0.25, 0.3) is 0 Å². The largest absolute Gasteiger partial charge is 0.396 e. The van der Waals surface area contributed by atoms with E-state index in [0.29, 0.717) is 23.1 Å². The Labute approximate surface area is 347 Å². The van der Waals surface area contributed by atoms with E-state index >= 15 is 4.79 Å². The van der Waals surface area contributed by atoms with Crippen LogP contribution in [-0.2, 0) is 17.9 Å². The summed E-state index contributed by atoms with van der Waals surface area (Å²) < 4.78 is 0. The first-order valence-electron chi connectivity index (χ1n) is 20.8. The first-order chi connectivity index (χ1) is 28.1. The van der Waals surface area contributed by atoms with Gasteiger partial charge in [0.2, 0.25) is 0 Å². The third-order valence-electron chi connectivity index (χ3n) is 14.4. The Morgan fingerprint density at radius 3 is 1.45 bits per heavy atom. The zero-order valence-electron chi connectivity index (χ0n) is 32.4. The second-order valence-corrected chi connectivity index (χ2v) is 18.3. The van der Waals surface area contributed by atoms with Crippen molar-refractivity contribution < 1.29 is 15.0 Å². The number of ketones is 1. The topological polar surface area (TPSA) is 165 Å². The van der Waals surface area contributed by atoms with Gasteiger partial charge in [0.15, 0.2) is 5.78 Å². The molecule has 10 rings (SSSR count). The summed E-state index contributed by atoms with van der Waals surface area (Å²) in [6, 6.07) is 22.9. The third-order valence-corrected chi connectivity index (χ3v) is 15.2. The number of halogens is 2. The van der Waals surface area contributed by atoms with Crippen LogP contribution in [0.1, 0.15) is 109 Å². The second-order valence-electron chi connectivity index (χ2n) is 17.5. The number of benzene rings is 4. The number of aliphatic hydroxyl groups excluding tert-OH is 2. The molecule has 11 heteroatoms. The lowest BCUT2D eigenvalue weighted by atomic mass is 9.76. The lowest BCUT2D eigenvalue weighted by Crippen LogP contribution is -2.35. The summed E-state index contributed by atoms with van der Waals surface area (Å²) in [7, 11) is 0. The van der Waals surface area contributed by atoms with E-state index in [4.69, 9.17) is 34.7 Å². The van der Waals surface area contributed by atoms with Gasteiger partial charge in [-0.1, -0.05) is 73.2 Å². The highest BCUT2D eigenvalue weighted by Crippen LogP contribution is 2.49. The second kappa shape index (κ2) is 14.6. The van der Waals surface area contributed by atoms with Gasteiger partial charge >= 0.3 is 0 Å². The summed E-state index contributed by atoms with van der Waals surface area (Å²) in [4.78, 5) is 22.3. The average Bonchev–Trinajstić information content (AvgIpc) is 4.10. The Kier molecular flexibility index (Phi) is 9.62. The number of carbonyl (C=O) groups is 1. The van der Waals surface area contributed by atoms with Crippen LogP contribution in [0.15, 0.2) is 72.8 Å². The summed E-state index contributed by atoms with van der Waals surface area (Å²) in [5.41, 5.74) is 24.3. The predicted octanol–water partition coefficient (Wildman–Crippen LogP) is 8.95. The summed E-state index contributed by atoms with van der Waals surface area (Å²) in [5.74, 6) is -0.00462. The molecule has 2 aliphatic heterocycles. The fourth-order valence-electron chi connectivity index (χ4n) is 11.0. The third kappa shape index (κ3) is 6.00. The average molecular weight is 818 g/mol. The van der Waals surface area contributed by atoms with Crippen molar-refractivity contribution in [3.63, 3.8) is 0 Å². The van der Waals surface area contributed by atoms with Crippen LogP contribution in [0.3, 0.4) is 0 Å². The van der Waals surface area contributed by atoms with Crippen LogP contribution in [0.5, 0.6) is 0 Å². The van der Waals surface area contributed by atoms with Crippen LogP contribution in [0.25, 0.3) is 44.3 Å². The number of carbonyl (C=O) groups excluding carboxylic acids is 1. The van der Waals surface area contributed by atoms with Crippen molar-refractivity contribution in [3.05, 3.63) is 116 Å². The fourth-order valence-corrected chi connectivity index (χ4v) is 11.5. The molecule has 6 aromatic rings. The molecule has 9 nitrogen and oxygen atoms in total. The first-order valence-corrected chi connectivity index (χ1v) is 21.5. The Balaban J connectivity index is 0.987. The maximum absolute atomic E-state index is 15.0. The van der Waals surface area contributed by atoms with Gasteiger partial charge in [-0.3, -0.25) is 15.4 Å². The summed E-state index contributed by atoms with van der Waals surface area (Å²) in [6.07, 6.45) is 8.06. The number of hydrogen-bond donors (Lipinski definition) is 8. The molecule has 0 radical (unpaired) electrons. The molecule has 300 valence electrons. The van der Waals surface area contributed by atoms with Crippen molar-refractivity contribution >= 4 is 50.8 Å². The lowest BCUT2D eigenvalue weighted by molar-refractivity contribution is -0.123. The number of H-pyrrole nitrogens is 2.